The van der Waals surface area contributed by atoms with Crippen molar-refractivity contribution >= 4 is 43.8 Å². The first kappa shape index (κ1) is 20.6. The summed E-state index contributed by atoms with van der Waals surface area (Å²) in [6.07, 6.45) is 2.27. The molecule has 0 aliphatic carbocycles. The van der Waals surface area contributed by atoms with E-state index in [0.717, 1.165) is 16.9 Å². The summed E-state index contributed by atoms with van der Waals surface area (Å²) >= 11 is 6.48. The number of rotatable bonds is 5. The first-order valence-electron chi connectivity index (χ1n) is 8.79. The van der Waals surface area contributed by atoms with Crippen molar-refractivity contribution in [3.8, 4) is 0 Å². The van der Waals surface area contributed by atoms with Gasteiger partial charge in [-0.2, -0.15) is 5.10 Å². The van der Waals surface area contributed by atoms with Crippen LogP contribution in [0, 0.1) is 0 Å². The molecule has 0 aromatic carbocycles. The summed E-state index contributed by atoms with van der Waals surface area (Å²) in [7, 11) is -4.46. The molecule has 27 heavy (non-hydrogen) atoms. The second-order valence-corrected chi connectivity index (χ2v) is 12.1. The fourth-order valence-corrected chi connectivity index (χ4v) is 5.46. The van der Waals surface area contributed by atoms with Crippen molar-refractivity contribution in [3.63, 3.8) is 0 Å². The monoisotopic (exact) mass is 432 g/mol. The van der Waals surface area contributed by atoms with Gasteiger partial charge < -0.3 is 4.90 Å². The lowest BCUT2D eigenvalue weighted by molar-refractivity contribution is 0.537. The number of anilines is 1. The minimum Gasteiger partial charge on any atom is -0.354 e. The van der Waals surface area contributed by atoms with Crippen molar-refractivity contribution in [2.75, 3.05) is 29.5 Å². The minimum atomic E-state index is -3.00. The number of nitrogens with zero attached hydrogens (tertiary/aromatic N) is 3. The van der Waals surface area contributed by atoms with Crippen LogP contribution >= 0.6 is 11.6 Å². The summed E-state index contributed by atoms with van der Waals surface area (Å²) in [5.74, 6) is 1.09. The lowest BCUT2D eigenvalue weighted by Crippen LogP contribution is -2.42. The van der Waals surface area contributed by atoms with Crippen LogP contribution < -0.4 is 10.0 Å². The predicted molar refractivity (Wildman–Crippen MR) is 111 cm³/mol. The average molecular weight is 433 g/mol. The molecule has 2 aromatic heterocycles. The lowest BCUT2D eigenvalue weighted by Gasteiger charge is -2.33. The molecule has 1 aliphatic rings. The van der Waals surface area contributed by atoms with Crippen LogP contribution in [0.25, 0.3) is 5.52 Å². The first-order chi connectivity index (χ1) is 12.5. The highest BCUT2D eigenvalue weighted by Gasteiger charge is 2.31. The molecule has 1 fully saturated rings. The predicted octanol–water partition coefficient (Wildman–Crippen LogP) is 2.12. The molecule has 0 spiro atoms. The summed E-state index contributed by atoms with van der Waals surface area (Å²) in [6.45, 7) is 6.61. The summed E-state index contributed by atoms with van der Waals surface area (Å²) in [6, 6.07) is 3.75. The van der Waals surface area contributed by atoms with Gasteiger partial charge in [0.05, 0.1) is 44.0 Å². The largest absolute Gasteiger partial charge is 0.354 e. The molecule has 2 N–H and O–H groups in total. The molecule has 0 bridgehead atoms. The quantitative estimate of drug-likeness (QED) is 0.780. The number of pyridine rings is 1. The van der Waals surface area contributed by atoms with Crippen LogP contribution in [0.4, 0.5) is 5.82 Å². The van der Waals surface area contributed by atoms with Crippen molar-refractivity contribution in [1.82, 2.24) is 9.61 Å². The molecule has 3 rings (SSSR count). The standard InChI is InChI=1S/C17H25ClN4O3S2/c1-12(11-17(2,3)26(19)23)13-10-14(18)15-4-5-20-22(15)16(13)21-6-8-27(24,25)9-7-21/h4-5,10,12H,6-9,11,19H2,1-3H3/t12-,26?/m0/s1. The third-order valence-corrected chi connectivity index (χ3v) is 8.31. The molecule has 1 aliphatic heterocycles. The zero-order chi connectivity index (χ0) is 20.0. The van der Waals surface area contributed by atoms with Gasteiger partial charge in [0.1, 0.15) is 5.82 Å². The van der Waals surface area contributed by atoms with Crippen LogP contribution in [0.15, 0.2) is 18.3 Å². The Morgan fingerprint density at radius 3 is 2.59 bits per heavy atom. The zero-order valence-electron chi connectivity index (χ0n) is 15.7. The van der Waals surface area contributed by atoms with E-state index in [0.29, 0.717) is 24.5 Å². The Morgan fingerprint density at radius 1 is 1.37 bits per heavy atom. The number of sulfone groups is 1. The van der Waals surface area contributed by atoms with Crippen LogP contribution in [0.1, 0.15) is 38.7 Å². The molecular formula is C17H25ClN4O3S2. The maximum absolute atomic E-state index is 11.9. The molecule has 10 heteroatoms. The third kappa shape index (κ3) is 4.16. The highest BCUT2D eigenvalue weighted by atomic mass is 35.5. The van der Waals surface area contributed by atoms with Crippen LogP contribution in [-0.2, 0) is 20.8 Å². The van der Waals surface area contributed by atoms with E-state index in [-0.39, 0.29) is 17.4 Å². The molecule has 0 radical (unpaired) electrons. The number of fused-ring (bicyclic) bond motifs is 1. The van der Waals surface area contributed by atoms with Gasteiger partial charge in [0.2, 0.25) is 0 Å². The van der Waals surface area contributed by atoms with Crippen molar-refractivity contribution in [2.24, 2.45) is 5.14 Å². The van der Waals surface area contributed by atoms with Crippen molar-refractivity contribution < 1.29 is 12.6 Å². The third-order valence-electron chi connectivity index (χ3n) is 5.15. The molecule has 0 amide bonds. The van der Waals surface area contributed by atoms with Gasteiger partial charge in [0.25, 0.3) is 0 Å². The molecule has 1 saturated heterocycles. The van der Waals surface area contributed by atoms with Crippen molar-refractivity contribution in [3.05, 3.63) is 28.9 Å². The maximum atomic E-state index is 11.9. The lowest BCUT2D eigenvalue weighted by atomic mass is 9.91. The molecular weight excluding hydrogens is 408 g/mol. The van der Waals surface area contributed by atoms with E-state index in [1.807, 2.05) is 32.9 Å². The van der Waals surface area contributed by atoms with Crippen LogP contribution in [-0.4, -0.2) is 51.6 Å². The van der Waals surface area contributed by atoms with Crippen LogP contribution in [0.3, 0.4) is 0 Å². The molecule has 7 nitrogen and oxygen atoms in total. The van der Waals surface area contributed by atoms with Gasteiger partial charge >= 0.3 is 0 Å². The molecule has 1 unspecified atom stereocenters. The van der Waals surface area contributed by atoms with Gasteiger partial charge in [0.15, 0.2) is 9.84 Å². The van der Waals surface area contributed by atoms with Gasteiger partial charge in [0, 0.05) is 13.1 Å². The number of nitrogens with two attached hydrogens (primary N) is 1. The average Bonchev–Trinajstić information content (AvgIpc) is 3.05. The Bertz CT molecular complexity index is 973. The van der Waals surface area contributed by atoms with E-state index >= 15 is 0 Å². The van der Waals surface area contributed by atoms with Gasteiger partial charge in [-0.15, -0.1) is 0 Å². The van der Waals surface area contributed by atoms with Gasteiger partial charge in [-0.25, -0.2) is 17.1 Å². The van der Waals surface area contributed by atoms with E-state index in [1.165, 1.54) is 0 Å². The maximum Gasteiger partial charge on any atom is 0.153 e. The second-order valence-electron chi connectivity index (χ2n) is 7.70. The van der Waals surface area contributed by atoms with Gasteiger partial charge in [-0.05, 0) is 43.9 Å². The smallest absolute Gasteiger partial charge is 0.153 e. The summed E-state index contributed by atoms with van der Waals surface area (Å²) in [4.78, 5) is 2.05. The molecule has 2 aromatic rings. The van der Waals surface area contributed by atoms with E-state index < -0.39 is 25.6 Å². The molecule has 3 heterocycles. The fraction of sp³-hybridized carbons (Fsp3) is 0.588. The second kappa shape index (κ2) is 7.35. The SMILES string of the molecule is C[C@@H](CC(C)(C)S(N)=O)c1cc(Cl)c2ccnn2c1N1CCS(=O)(=O)CC1. The highest BCUT2D eigenvalue weighted by Crippen LogP contribution is 2.37. The number of hydrogen-bond acceptors (Lipinski definition) is 5. The highest BCUT2D eigenvalue weighted by molar-refractivity contribution is 7.91. The number of hydrogen-bond donors (Lipinski definition) is 1. The van der Waals surface area contributed by atoms with E-state index in [1.54, 1.807) is 10.7 Å². The molecule has 0 saturated carbocycles. The Balaban J connectivity index is 2.08. The Hall–Kier alpha value is -1.16. The Kier molecular flexibility index (Phi) is 5.60. The normalized spacial score (nSPS) is 20.0. The van der Waals surface area contributed by atoms with E-state index in [2.05, 4.69) is 10.00 Å². The van der Waals surface area contributed by atoms with Gasteiger partial charge in [-0.1, -0.05) is 18.5 Å². The van der Waals surface area contributed by atoms with Crippen LogP contribution in [0.2, 0.25) is 5.02 Å². The number of aromatic nitrogens is 2. The topological polar surface area (TPSA) is 97.8 Å². The number of halogens is 1. The summed E-state index contributed by atoms with van der Waals surface area (Å²) in [5.41, 5.74) is 1.73. The summed E-state index contributed by atoms with van der Waals surface area (Å²) in [5, 5.41) is 10.7. The Morgan fingerprint density at radius 2 is 2.00 bits per heavy atom. The molecule has 2 atom stereocenters. The Labute approximate surface area is 167 Å². The zero-order valence-corrected chi connectivity index (χ0v) is 18.1. The van der Waals surface area contributed by atoms with Crippen molar-refractivity contribution in [1.29, 1.82) is 0 Å². The molecule has 150 valence electrons. The van der Waals surface area contributed by atoms with Crippen molar-refractivity contribution in [2.45, 2.75) is 37.9 Å². The van der Waals surface area contributed by atoms with Crippen LogP contribution in [0.5, 0.6) is 0 Å². The fourth-order valence-electron chi connectivity index (χ4n) is 3.58. The van der Waals surface area contributed by atoms with Gasteiger partial charge in [-0.3, -0.25) is 5.14 Å². The first-order valence-corrected chi connectivity index (χ1v) is 12.2. The van der Waals surface area contributed by atoms with E-state index in [9.17, 15) is 12.6 Å². The minimum absolute atomic E-state index is 0.00661. The van der Waals surface area contributed by atoms with E-state index in [4.69, 9.17) is 16.7 Å². The summed E-state index contributed by atoms with van der Waals surface area (Å²) < 4.78 is 36.8.